The van der Waals surface area contributed by atoms with Gasteiger partial charge in [-0.1, -0.05) is 42.5 Å². The Morgan fingerprint density at radius 1 is 0.733 bits per heavy atom. The van der Waals surface area contributed by atoms with E-state index in [0.29, 0.717) is 0 Å². The number of allylic oxidation sites excluding steroid dienone is 9. The van der Waals surface area contributed by atoms with Crippen LogP contribution >= 0.6 is 0 Å². The zero-order chi connectivity index (χ0) is 11.2. The maximum absolute atomic E-state index is 2.91. The van der Waals surface area contributed by atoms with Crippen LogP contribution in [0.4, 0.5) is 0 Å². The Labute approximate surface area is 92.1 Å². The van der Waals surface area contributed by atoms with Gasteiger partial charge in [-0.25, -0.2) is 0 Å². The predicted octanol–water partition coefficient (Wildman–Crippen LogP) is 0.726. The second-order valence-electron chi connectivity index (χ2n) is 2.64. The molecule has 2 heteroatoms. The van der Waals surface area contributed by atoms with E-state index in [9.17, 15) is 0 Å². The highest BCUT2D eigenvalue weighted by atomic mass is 14.8. The zero-order valence-corrected chi connectivity index (χ0v) is 9.35. The molecule has 0 atom stereocenters. The Bertz CT molecular complexity index is 292. The summed E-state index contributed by atoms with van der Waals surface area (Å²) in [6.07, 6.45) is 21.4. The Morgan fingerprint density at radius 3 is 1.67 bits per heavy atom. The van der Waals surface area contributed by atoms with Crippen LogP contribution in [-0.2, 0) is 0 Å². The van der Waals surface area contributed by atoms with Gasteiger partial charge in [0.2, 0.25) is 0 Å². The van der Waals surface area contributed by atoms with Crippen molar-refractivity contribution in [1.82, 2.24) is 5.32 Å². The molecular formula is C13H19N2+. The van der Waals surface area contributed by atoms with E-state index in [-0.39, 0.29) is 0 Å². The number of rotatable bonds is 6. The van der Waals surface area contributed by atoms with Crippen LogP contribution in [0.1, 0.15) is 0 Å². The third-order valence-corrected chi connectivity index (χ3v) is 1.41. The highest BCUT2D eigenvalue weighted by Crippen LogP contribution is 1.82. The Kier molecular flexibility index (Phi) is 10.7. The minimum absolute atomic E-state index is 1.87. The second kappa shape index (κ2) is 12.2. The summed E-state index contributed by atoms with van der Waals surface area (Å²) < 4.78 is 0. The van der Waals surface area contributed by atoms with Crippen LogP contribution in [0, 0.1) is 0 Å². The molecule has 0 aliphatic rings. The first-order valence-electron chi connectivity index (χ1n) is 4.91. The lowest BCUT2D eigenvalue weighted by Crippen LogP contribution is -2.62. The predicted molar refractivity (Wildman–Crippen MR) is 67.7 cm³/mol. The number of hydrogen-bond acceptors (Lipinski definition) is 1. The number of nitrogens with one attached hydrogen (secondary N) is 2. The van der Waals surface area contributed by atoms with Crippen LogP contribution < -0.4 is 10.3 Å². The number of hydrogen-bond donors (Lipinski definition) is 2. The molecule has 0 aromatic carbocycles. The summed E-state index contributed by atoms with van der Waals surface area (Å²) in [5.41, 5.74) is 0. The normalized spacial score (nSPS) is 13.7. The van der Waals surface area contributed by atoms with Gasteiger partial charge in [0, 0.05) is 13.1 Å². The quantitative estimate of drug-likeness (QED) is 0.483. The SMILES string of the molecule is CNC=CC=CC=CC=CC=CC=[NH+]C. The van der Waals surface area contributed by atoms with Gasteiger partial charge in [0.15, 0.2) is 6.21 Å². The fraction of sp³-hybridized carbons (Fsp3) is 0.154. The molecule has 0 aliphatic carbocycles. The van der Waals surface area contributed by atoms with Gasteiger partial charge in [-0.2, -0.15) is 0 Å². The summed E-state index contributed by atoms with van der Waals surface area (Å²) in [4.78, 5) is 2.91. The minimum atomic E-state index is 1.87. The van der Waals surface area contributed by atoms with Crippen LogP contribution in [0.3, 0.4) is 0 Å². The van der Waals surface area contributed by atoms with Crippen molar-refractivity contribution >= 4 is 6.21 Å². The molecule has 0 rings (SSSR count). The van der Waals surface area contributed by atoms with Crippen LogP contribution in [-0.4, -0.2) is 20.3 Å². The van der Waals surface area contributed by atoms with Crippen LogP contribution in [0.25, 0.3) is 0 Å². The van der Waals surface area contributed by atoms with Gasteiger partial charge in [-0.15, -0.1) is 0 Å². The lowest BCUT2D eigenvalue weighted by Gasteiger charge is -1.78. The fourth-order valence-corrected chi connectivity index (χ4v) is 0.753. The van der Waals surface area contributed by atoms with E-state index < -0.39 is 0 Å². The van der Waals surface area contributed by atoms with Gasteiger partial charge in [-0.3, -0.25) is 4.99 Å². The largest absolute Gasteiger partial charge is 0.394 e. The molecule has 2 nitrogen and oxygen atoms in total. The fourth-order valence-electron chi connectivity index (χ4n) is 0.753. The van der Waals surface area contributed by atoms with Gasteiger partial charge < -0.3 is 5.32 Å². The van der Waals surface area contributed by atoms with Gasteiger partial charge in [0.1, 0.15) is 7.05 Å². The van der Waals surface area contributed by atoms with E-state index in [2.05, 4.69) is 10.3 Å². The van der Waals surface area contributed by atoms with E-state index in [0.717, 1.165) is 0 Å². The lowest BCUT2D eigenvalue weighted by atomic mass is 10.4. The highest BCUT2D eigenvalue weighted by Gasteiger charge is 1.65. The smallest absolute Gasteiger partial charge is 0.161 e. The first kappa shape index (κ1) is 13.2. The summed E-state index contributed by atoms with van der Waals surface area (Å²) in [6.45, 7) is 0. The topological polar surface area (TPSA) is 26.0 Å². The molecule has 2 N–H and O–H groups in total. The van der Waals surface area contributed by atoms with Crippen molar-refractivity contribution in [3.05, 3.63) is 60.9 Å². The van der Waals surface area contributed by atoms with Gasteiger partial charge in [0.25, 0.3) is 0 Å². The molecule has 0 amide bonds. The summed E-state index contributed by atoms with van der Waals surface area (Å²) >= 11 is 0. The second-order valence-corrected chi connectivity index (χ2v) is 2.64. The molecule has 0 fully saturated rings. The molecule has 0 unspecified atom stereocenters. The standard InChI is InChI=1S/C13H18N2/c1-14-12-10-8-6-4-3-5-7-9-11-13-15-2/h3-14H,1-2H3/p+1. The molecule has 0 aromatic rings. The molecule has 0 saturated carbocycles. The van der Waals surface area contributed by atoms with Crippen molar-refractivity contribution in [2.75, 3.05) is 14.1 Å². The van der Waals surface area contributed by atoms with Gasteiger partial charge >= 0.3 is 0 Å². The maximum atomic E-state index is 2.91. The molecule has 80 valence electrons. The van der Waals surface area contributed by atoms with Crippen molar-refractivity contribution in [2.24, 2.45) is 0 Å². The zero-order valence-electron chi connectivity index (χ0n) is 9.35. The van der Waals surface area contributed by atoms with E-state index in [1.807, 2.05) is 81.2 Å². The average Bonchev–Trinajstić information content (AvgIpc) is 2.26. The summed E-state index contributed by atoms with van der Waals surface area (Å²) in [5.74, 6) is 0. The van der Waals surface area contributed by atoms with Crippen molar-refractivity contribution in [3.63, 3.8) is 0 Å². The monoisotopic (exact) mass is 203 g/mol. The molecule has 0 aliphatic heterocycles. The van der Waals surface area contributed by atoms with Crippen molar-refractivity contribution in [2.45, 2.75) is 0 Å². The molecular weight excluding hydrogens is 184 g/mol. The average molecular weight is 203 g/mol. The van der Waals surface area contributed by atoms with Gasteiger partial charge in [0.05, 0.1) is 0 Å². The third kappa shape index (κ3) is 12.2. The van der Waals surface area contributed by atoms with Crippen molar-refractivity contribution in [3.8, 4) is 0 Å². The minimum Gasteiger partial charge on any atom is -0.394 e. The van der Waals surface area contributed by atoms with Crippen LogP contribution in [0.15, 0.2) is 60.9 Å². The summed E-state index contributed by atoms with van der Waals surface area (Å²) in [6, 6.07) is 0. The Hall–Kier alpha value is -1.83. The maximum Gasteiger partial charge on any atom is 0.161 e. The molecule has 0 heterocycles. The summed E-state index contributed by atoms with van der Waals surface area (Å²) in [5, 5.41) is 2.91. The van der Waals surface area contributed by atoms with Crippen molar-refractivity contribution in [1.29, 1.82) is 0 Å². The van der Waals surface area contributed by atoms with E-state index in [4.69, 9.17) is 0 Å². The highest BCUT2D eigenvalue weighted by molar-refractivity contribution is 5.65. The van der Waals surface area contributed by atoms with E-state index >= 15 is 0 Å². The Morgan fingerprint density at radius 2 is 1.20 bits per heavy atom. The van der Waals surface area contributed by atoms with E-state index in [1.165, 1.54) is 0 Å². The third-order valence-electron chi connectivity index (χ3n) is 1.41. The molecule has 0 bridgehead atoms. The lowest BCUT2D eigenvalue weighted by molar-refractivity contribution is -0.413. The van der Waals surface area contributed by atoms with Crippen LogP contribution in [0.2, 0.25) is 0 Å². The van der Waals surface area contributed by atoms with Crippen LogP contribution in [0.5, 0.6) is 0 Å². The van der Waals surface area contributed by atoms with Crippen molar-refractivity contribution < 1.29 is 4.99 Å². The Balaban J connectivity index is 3.70. The van der Waals surface area contributed by atoms with Gasteiger partial charge in [-0.05, 0) is 12.3 Å². The first-order valence-corrected chi connectivity index (χ1v) is 4.91. The molecule has 0 spiro atoms. The molecule has 0 radical (unpaired) electrons. The first-order chi connectivity index (χ1) is 7.41. The molecule has 0 saturated heterocycles. The molecule has 0 aromatic heterocycles. The molecule has 15 heavy (non-hydrogen) atoms. The summed E-state index contributed by atoms with van der Waals surface area (Å²) in [7, 11) is 3.74. The van der Waals surface area contributed by atoms with E-state index in [1.54, 1.807) is 0 Å².